The summed E-state index contributed by atoms with van der Waals surface area (Å²) in [7, 11) is 0. The molecule has 0 radical (unpaired) electrons. The molecule has 0 heterocycles. The molecule has 0 unspecified atom stereocenters. The molecule has 66 valence electrons. The van der Waals surface area contributed by atoms with Crippen LogP contribution in [0.1, 0.15) is 47.5 Å². The lowest BCUT2D eigenvalue weighted by Gasteiger charge is -2.09. The predicted molar refractivity (Wildman–Crippen MR) is 52.7 cm³/mol. The van der Waals surface area contributed by atoms with Crippen LogP contribution in [0.5, 0.6) is 0 Å². The van der Waals surface area contributed by atoms with Crippen molar-refractivity contribution in [3.63, 3.8) is 0 Å². The van der Waals surface area contributed by atoms with Crippen LogP contribution in [0.15, 0.2) is 11.6 Å². The molecule has 0 fully saturated rings. The Morgan fingerprint density at radius 2 is 1.73 bits per heavy atom. The van der Waals surface area contributed by atoms with E-state index in [4.69, 9.17) is 0 Å². The van der Waals surface area contributed by atoms with E-state index in [0.29, 0.717) is 0 Å². The van der Waals surface area contributed by atoms with Crippen molar-refractivity contribution in [1.82, 2.24) is 0 Å². The normalized spacial score (nSPS) is 13.2. The highest BCUT2D eigenvalue weighted by molar-refractivity contribution is 5.03. The second-order valence-electron chi connectivity index (χ2n) is 3.92. The molecule has 0 nitrogen and oxygen atoms in total. The molecule has 0 saturated heterocycles. The van der Waals surface area contributed by atoms with Gasteiger partial charge in [-0.3, -0.25) is 0 Å². The Hall–Kier alpha value is -0.260. The van der Waals surface area contributed by atoms with E-state index in [1.54, 1.807) is 5.57 Å². The van der Waals surface area contributed by atoms with Crippen molar-refractivity contribution in [2.24, 2.45) is 11.8 Å². The molecule has 0 heteroatoms. The minimum absolute atomic E-state index is 0.735. The van der Waals surface area contributed by atoms with Crippen LogP contribution < -0.4 is 0 Å². The average molecular weight is 154 g/mol. The van der Waals surface area contributed by atoms with Gasteiger partial charge in [0.1, 0.15) is 0 Å². The molecule has 0 N–H and O–H groups in total. The zero-order valence-corrected chi connectivity index (χ0v) is 8.65. The molecule has 0 rings (SSSR count). The first-order valence-corrected chi connectivity index (χ1v) is 4.76. The van der Waals surface area contributed by atoms with Crippen LogP contribution in [0, 0.1) is 11.8 Å². The summed E-state index contributed by atoms with van der Waals surface area (Å²) in [4.78, 5) is 0. The molecule has 0 aliphatic carbocycles. The first-order chi connectivity index (χ1) is 5.07. The Bertz CT molecular complexity index is 118. The lowest BCUT2D eigenvalue weighted by Crippen LogP contribution is -1.93. The van der Waals surface area contributed by atoms with E-state index in [2.05, 4.69) is 40.7 Å². The third kappa shape index (κ3) is 5.06. The Kier molecular flexibility index (Phi) is 5.27. The van der Waals surface area contributed by atoms with Crippen LogP contribution in [0.2, 0.25) is 0 Å². The van der Waals surface area contributed by atoms with E-state index in [1.165, 1.54) is 12.8 Å². The van der Waals surface area contributed by atoms with E-state index in [1.807, 2.05) is 0 Å². The summed E-state index contributed by atoms with van der Waals surface area (Å²) < 4.78 is 0. The Labute approximate surface area is 71.7 Å². The van der Waals surface area contributed by atoms with Gasteiger partial charge in [-0.15, -0.1) is 0 Å². The van der Waals surface area contributed by atoms with Crippen LogP contribution in [0.25, 0.3) is 0 Å². The smallest absolute Gasteiger partial charge is 0.0260 e. The molecule has 0 aliphatic rings. The fourth-order valence-corrected chi connectivity index (χ4v) is 1.18. The summed E-state index contributed by atoms with van der Waals surface area (Å²) in [5.41, 5.74) is 1.61. The SMILES string of the molecule is CCC(=CCC(C)C)C(C)C. The van der Waals surface area contributed by atoms with Gasteiger partial charge in [0.05, 0.1) is 0 Å². The van der Waals surface area contributed by atoms with Crippen LogP contribution in [0.4, 0.5) is 0 Å². The van der Waals surface area contributed by atoms with Crippen LogP contribution in [0.3, 0.4) is 0 Å². The van der Waals surface area contributed by atoms with Gasteiger partial charge >= 0.3 is 0 Å². The monoisotopic (exact) mass is 154 g/mol. The van der Waals surface area contributed by atoms with Crippen molar-refractivity contribution in [3.8, 4) is 0 Å². The fourth-order valence-electron chi connectivity index (χ4n) is 1.18. The zero-order valence-electron chi connectivity index (χ0n) is 8.65. The van der Waals surface area contributed by atoms with Crippen LogP contribution in [-0.4, -0.2) is 0 Å². The quantitative estimate of drug-likeness (QED) is 0.536. The Morgan fingerprint density at radius 3 is 2.00 bits per heavy atom. The maximum atomic E-state index is 2.41. The van der Waals surface area contributed by atoms with E-state index >= 15 is 0 Å². The molecule has 0 aromatic carbocycles. The van der Waals surface area contributed by atoms with Gasteiger partial charge in [0.2, 0.25) is 0 Å². The van der Waals surface area contributed by atoms with Crippen molar-refractivity contribution in [2.75, 3.05) is 0 Å². The molecule has 11 heavy (non-hydrogen) atoms. The summed E-state index contributed by atoms with van der Waals surface area (Å²) in [6.45, 7) is 11.3. The number of hydrogen-bond donors (Lipinski definition) is 0. The van der Waals surface area contributed by atoms with Gasteiger partial charge in [0.25, 0.3) is 0 Å². The van der Waals surface area contributed by atoms with Crippen molar-refractivity contribution >= 4 is 0 Å². The largest absolute Gasteiger partial charge is 0.0848 e. The van der Waals surface area contributed by atoms with Gasteiger partial charge in [0, 0.05) is 0 Å². The van der Waals surface area contributed by atoms with E-state index < -0.39 is 0 Å². The third-order valence-corrected chi connectivity index (χ3v) is 2.00. The van der Waals surface area contributed by atoms with Crippen LogP contribution >= 0.6 is 0 Å². The van der Waals surface area contributed by atoms with Crippen molar-refractivity contribution < 1.29 is 0 Å². The Balaban J connectivity index is 3.91. The number of allylic oxidation sites excluding steroid dienone is 2. The molecule has 0 aromatic heterocycles. The van der Waals surface area contributed by atoms with E-state index in [-0.39, 0.29) is 0 Å². The van der Waals surface area contributed by atoms with Crippen molar-refractivity contribution in [2.45, 2.75) is 47.5 Å². The second-order valence-corrected chi connectivity index (χ2v) is 3.92. The van der Waals surface area contributed by atoms with Gasteiger partial charge in [-0.25, -0.2) is 0 Å². The second kappa shape index (κ2) is 5.40. The number of hydrogen-bond acceptors (Lipinski definition) is 0. The first-order valence-electron chi connectivity index (χ1n) is 4.76. The van der Waals surface area contributed by atoms with E-state index in [0.717, 1.165) is 11.8 Å². The van der Waals surface area contributed by atoms with Crippen LogP contribution in [-0.2, 0) is 0 Å². The minimum Gasteiger partial charge on any atom is -0.0848 e. The molecular formula is C11H22. The topological polar surface area (TPSA) is 0 Å². The molecule has 0 amide bonds. The van der Waals surface area contributed by atoms with Gasteiger partial charge in [-0.05, 0) is 24.7 Å². The molecule has 0 spiro atoms. The summed E-state index contributed by atoms with van der Waals surface area (Å²) >= 11 is 0. The van der Waals surface area contributed by atoms with E-state index in [9.17, 15) is 0 Å². The van der Waals surface area contributed by atoms with Gasteiger partial charge in [-0.1, -0.05) is 46.3 Å². The lowest BCUT2D eigenvalue weighted by atomic mass is 9.97. The molecular weight excluding hydrogens is 132 g/mol. The Morgan fingerprint density at radius 1 is 1.18 bits per heavy atom. The first kappa shape index (κ1) is 10.7. The fraction of sp³-hybridized carbons (Fsp3) is 0.818. The molecule has 0 saturated carbocycles. The highest BCUT2D eigenvalue weighted by Gasteiger charge is 1.99. The standard InChI is InChI=1S/C11H22/c1-6-11(10(4)5)8-7-9(2)3/h8-10H,6-7H2,1-5H3. The van der Waals surface area contributed by atoms with Gasteiger partial charge in [-0.2, -0.15) is 0 Å². The highest BCUT2D eigenvalue weighted by atomic mass is 14.1. The molecule has 0 aromatic rings. The lowest BCUT2D eigenvalue weighted by molar-refractivity contribution is 0.644. The minimum atomic E-state index is 0.735. The maximum absolute atomic E-state index is 2.41. The van der Waals surface area contributed by atoms with Crippen molar-refractivity contribution in [1.29, 1.82) is 0 Å². The molecule has 0 bridgehead atoms. The maximum Gasteiger partial charge on any atom is -0.0260 e. The third-order valence-electron chi connectivity index (χ3n) is 2.00. The zero-order chi connectivity index (χ0) is 8.85. The van der Waals surface area contributed by atoms with Gasteiger partial charge in [0.15, 0.2) is 0 Å². The molecule has 0 aliphatic heterocycles. The summed E-state index contributed by atoms with van der Waals surface area (Å²) in [6.07, 6.45) is 4.86. The summed E-state index contributed by atoms with van der Waals surface area (Å²) in [5.74, 6) is 1.54. The van der Waals surface area contributed by atoms with Gasteiger partial charge < -0.3 is 0 Å². The number of rotatable bonds is 4. The van der Waals surface area contributed by atoms with Crippen molar-refractivity contribution in [3.05, 3.63) is 11.6 Å². The molecule has 0 atom stereocenters. The predicted octanol–water partition coefficient (Wildman–Crippen LogP) is 4.02. The average Bonchev–Trinajstić information content (AvgIpc) is 1.87. The highest BCUT2D eigenvalue weighted by Crippen LogP contribution is 2.15. The summed E-state index contributed by atoms with van der Waals surface area (Å²) in [5, 5.41) is 0. The summed E-state index contributed by atoms with van der Waals surface area (Å²) in [6, 6.07) is 0.